The molecular formula is C10H18N6O3. The number of anilines is 1. The largest absolute Gasteiger partial charge is 0.399 e. The number of carbonyl (C=O) groups excluding carboxylic acids is 1. The molecule has 1 heterocycles. The Morgan fingerprint density at radius 2 is 2.21 bits per heavy atom. The van der Waals surface area contributed by atoms with Crippen LogP contribution in [0.2, 0.25) is 0 Å². The predicted octanol–water partition coefficient (Wildman–Crippen LogP) is -0.774. The number of aromatic nitrogens is 3. The van der Waals surface area contributed by atoms with E-state index in [1.54, 1.807) is 33.0 Å². The summed E-state index contributed by atoms with van der Waals surface area (Å²) in [4.78, 5) is 29.9. The van der Waals surface area contributed by atoms with Crippen molar-refractivity contribution in [1.29, 1.82) is 0 Å². The van der Waals surface area contributed by atoms with Crippen molar-refractivity contribution in [1.82, 2.24) is 19.7 Å². The molecule has 19 heavy (non-hydrogen) atoms. The third kappa shape index (κ3) is 3.33. The van der Waals surface area contributed by atoms with Crippen molar-refractivity contribution in [3.8, 4) is 0 Å². The first-order valence-electron chi connectivity index (χ1n) is 5.59. The number of hydrogen-bond donors (Lipinski definition) is 1. The minimum absolute atomic E-state index is 0.385. The maximum absolute atomic E-state index is 11.9. The number of oxime groups is 1. The van der Waals surface area contributed by atoms with E-state index in [1.165, 1.54) is 17.9 Å². The molecule has 1 aromatic heterocycles. The summed E-state index contributed by atoms with van der Waals surface area (Å²) in [5, 5.41) is 10.0. The van der Waals surface area contributed by atoms with Crippen LogP contribution < -0.4 is 15.9 Å². The van der Waals surface area contributed by atoms with Crippen LogP contribution in [0.25, 0.3) is 0 Å². The fraction of sp³-hybridized carbons (Fsp3) is 0.600. The average Bonchev–Trinajstić information content (AvgIpc) is 2.64. The molecule has 0 saturated carbocycles. The quantitative estimate of drug-likeness (QED) is 0.572. The first kappa shape index (κ1) is 14.7. The second-order valence-corrected chi connectivity index (χ2v) is 4.12. The predicted molar refractivity (Wildman–Crippen MR) is 70.7 cm³/mol. The number of amides is 1. The molecule has 0 bridgehead atoms. The minimum atomic E-state index is -0.622. The second-order valence-electron chi connectivity index (χ2n) is 4.12. The Bertz CT molecular complexity index is 530. The van der Waals surface area contributed by atoms with Crippen LogP contribution in [0.1, 0.15) is 6.92 Å². The zero-order valence-corrected chi connectivity index (χ0v) is 11.6. The molecule has 0 saturated heterocycles. The highest BCUT2D eigenvalue weighted by Crippen LogP contribution is 2.00. The van der Waals surface area contributed by atoms with Crippen LogP contribution in [0.15, 0.2) is 9.95 Å². The lowest BCUT2D eigenvalue weighted by atomic mass is 10.4. The van der Waals surface area contributed by atoms with Crippen molar-refractivity contribution in [3.63, 3.8) is 0 Å². The van der Waals surface area contributed by atoms with E-state index in [2.05, 4.69) is 20.4 Å². The van der Waals surface area contributed by atoms with Crippen LogP contribution in [0, 0.1) is 0 Å². The molecule has 1 amide bonds. The summed E-state index contributed by atoms with van der Waals surface area (Å²) in [5.41, 5.74) is -0.517. The Morgan fingerprint density at radius 1 is 1.58 bits per heavy atom. The Hall–Kier alpha value is -2.32. The summed E-state index contributed by atoms with van der Waals surface area (Å²) in [7, 11) is 6.41. The van der Waals surface area contributed by atoms with Crippen molar-refractivity contribution in [2.24, 2.45) is 12.2 Å². The first-order chi connectivity index (χ1) is 8.88. The molecule has 1 unspecified atom stereocenters. The lowest BCUT2D eigenvalue weighted by Crippen LogP contribution is -2.42. The van der Waals surface area contributed by atoms with Crippen LogP contribution in [0.3, 0.4) is 0 Å². The Morgan fingerprint density at radius 3 is 2.68 bits per heavy atom. The molecule has 9 nitrogen and oxygen atoms in total. The minimum Gasteiger partial charge on any atom is -0.399 e. The molecule has 1 rings (SSSR count). The van der Waals surface area contributed by atoms with Gasteiger partial charge >= 0.3 is 11.7 Å². The molecule has 1 atom stereocenters. The van der Waals surface area contributed by atoms with Gasteiger partial charge < -0.3 is 15.1 Å². The zero-order chi connectivity index (χ0) is 14.6. The Labute approximate surface area is 110 Å². The van der Waals surface area contributed by atoms with Gasteiger partial charge in [-0.25, -0.2) is 9.59 Å². The highest BCUT2D eigenvalue weighted by molar-refractivity contribution is 5.80. The Balaban J connectivity index is 2.92. The van der Waals surface area contributed by atoms with Gasteiger partial charge in [-0.2, -0.15) is 0 Å². The lowest BCUT2D eigenvalue weighted by molar-refractivity contribution is 0.213. The third-order valence-corrected chi connectivity index (χ3v) is 2.29. The molecule has 0 radical (unpaired) electrons. The summed E-state index contributed by atoms with van der Waals surface area (Å²) in [6.45, 7) is 1.70. The molecule has 0 fully saturated rings. The van der Waals surface area contributed by atoms with Crippen LogP contribution in [-0.2, 0) is 11.9 Å². The maximum Gasteiger partial charge on any atom is 0.355 e. The molecule has 9 heteroatoms. The molecule has 0 aliphatic heterocycles. The highest BCUT2D eigenvalue weighted by atomic mass is 16.6. The number of hydrogen-bond acceptors (Lipinski definition) is 6. The van der Waals surface area contributed by atoms with Gasteiger partial charge in [0.25, 0.3) is 0 Å². The third-order valence-electron chi connectivity index (χ3n) is 2.29. The SMILES string of the molecule is CO/N=C/C(C)NC(=O)n1nc(N(C)C)n(C)c1=O. The monoisotopic (exact) mass is 270 g/mol. The summed E-state index contributed by atoms with van der Waals surface area (Å²) < 4.78 is 2.06. The van der Waals surface area contributed by atoms with Gasteiger partial charge in [-0.15, -0.1) is 9.78 Å². The lowest BCUT2D eigenvalue weighted by Gasteiger charge is -2.08. The summed E-state index contributed by atoms with van der Waals surface area (Å²) in [5.74, 6) is 0.387. The van der Waals surface area contributed by atoms with E-state index >= 15 is 0 Å². The summed E-state index contributed by atoms with van der Waals surface area (Å²) in [6.07, 6.45) is 1.40. The number of nitrogens with zero attached hydrogens (tertiary/aromatic N) is 5. The van der Waals surface area contributed by atoms with Gasteiger partial charge in [0.15, 0.2) is 0 Å². The smallest absolute Gasteiger partial charge is 0.355 e. The van der Waals surface area contributed by atoms with E-state index < -0.39 is 11.7 Å². The van der Waals surface area contributed by atoms with E-state index in [-0.39, 0.29) is 6.04 Å². The number of carbonyl (C=O) groups is 1. The average molecular weight is 270 g/mol. The molecule has 1 aromatic rings. The highest BCUT2D eigenvalue weighted by Gasteiger charge is 2.18. The topological polar surface area (TPSA) is 93.7 Å². The summed E-state index contributed by atoms with van der Waals surface area (Å²) in [6, 6.07) is -1.01. The van der Waals surface area contributed by atoms with Crippen molar-refractivity contribution in [2.75, 3.05) is 26.1 Å². The second kappa shape index (κ2) is 6.03. The van der Waals surface area contributed by atoms with Gasteiger partial charge in [-0.05, 0) is 6.92 Å². The van der Waals surface area contributed by atoms with Crippen molar-refractivity contribution in [2.45, 2.75) is 13.0 Å². The van der Waals surface area contributed by atoms with E-state index in [0.29, 0.717) is 5.95 Å². The fourth-order valence-corrected chi connectivity index (χ4v) is 1.39. The van der Waals surface area contributed by atoms with Crippen LogP contribution in [-0.4, -0.2) is 53.8 Å². The van der Waals surface area contributed by atoms with Gasteiger partial charge in [0.1, 0.15) is 7.11 Å². The summed E-state index contributed by atoms with van der Waals surface area (Å²) >= 11 is 0. The van der Waals surface area contributed by atoms with Crippen molar-refractivity contribution >= 4 is 18.2 Å². The normalized spacial score (nSPS) is 12.5. The molecule has 0 aliphatic carbocycles. The zero-order valence-electron chi connectivity index (χ0n) is 11.6. The molecule has 0 aliphatic rings. The van der Waals surface area contributed by atoms with Crippen molar-refractivity contribution in [3.05, 3.63) is 10.5 Å². The molecule has 1 N–H and O–H groups in total. The van der Waals surface area contributed by atoms with Gasteiger partial charge in [0.05, 0.1) is 12.3 Å². The Kier molecular flexibility index (Phi) is 4.67. The van der Waals surface area contributed by atoms with Gasteiger partial charge in [0.2, 0.25) is 5.95 Å². The first-order valence-corrected chi connectivity index (χ1v) is 5.59. The van der Waals surface area contributed by atoms with Gasteiger partial charge in [-0.3, -0.25) is 4.57 Å². The van der Waals surface area contributed by atoms with Crippen LogP contribution in [0.5, 0.6) is 0 Å². The van der Waals surface area contributed by atoms with Crippen LogP contribution in [0.4, 0.5) is 10.7 Å². The van der Waals surface area contributed by atoms with E-state index in [4.69, 9.17) is 0 Å². The van der Waals surface area contributed by atoms with Gasteiger partial charge in [0, 0.05) is 21.1 Å². The van der Waals surface area contributed by atoms with E-state index in [1.807, 2.05) is 0 Å². The van der Waals surface area contributed by atoms with E-state index in [9.17, 15) is 9.59 Å². The number of rotatable bonds is 4. The fourth-order valence-electron chi connectivity index (χ4n) is 1.39. The number of nitrogens with one attached hydrogen (secondary N) is 1. The molecule has 106 valence electrons. The van der Waals surface area contributed by atoms with E-state index in [0.717, 1.165) is 4.68 Å². The maximum atomic E-state index is 11.9. The van der Waals surface area contributed by atoms with Crippen molar-refractivity contribution < 1.29 is 9.63 Å². The molecule has 0 spiro atoms. The molecule has 0 aromatic carbocycles. The molecular weight excluding hydrogens is 252 g/mol. The standard InChI is InChI=1S/C10H18N6O3/c1-7(6-11-19-5)12-9(17)16-10(18)15(4)8(13-16)14(2)3/h6-7H,1-5H3,(H,12,17)/b11-6+. The van der Waals surface area contributed by atoms with Crippen LogP contribution >= 0.6 is 0 Å². The van der Waals surface area contributed by atoms with Gasteiger partial charge in [-0.1, -0.05) is 5.16 Å².